The number of nitrogens with two attached hydrogens (primary N) is 1. The Hall–Kier alpha value is -0.840. The topological polar surface area (TPSA) is 67.2 Å². The molecule has 76 valence electrons. The van der Waals surface area contributed by atoms with E-state index in [1.54, 1.807) is 0 Å². The van der Waals surface area contributed by atoms with Crippen LogP contribution in [0.2, 0.25) is 0 Å². The van der Waals surface area contributed by atoms with Crippen molar-refractivity contribution in [3.63, 3.8) is 0 Å². The predicted molar refractivity (Wildman–Crippen MR) is 57.6 cm³/mol. The van der Waals surface area contributed by atoms with Gasteiger partial charge in [0.05, 0.1) is 4.99 Å². The molecule has 0 aromatic heterocycles. The monoisotopic (exact) mass is 203 g/mol. The molecule has 0 rings (SSSR count). The van der Waals surface area contributed by atoms with E-state index in [1.807, 2.05) is 20.8 Å². The molecule has 4 N–H and O–H groups in total. The molecule has 0 saturated carbocycles. The molecule has 0 fully saturated rings. The van der Waals surface area contributed by atoms with Gasteiger partial charge in [0.25, 0.3) is 0 Å². The summed E-state index contributed by atoms with van der Waals surface area (Å²) in [6, 6.07) is -0.188. The lowest BCUT2D eigenvalue weighted by molar-refractivity contribution is 0.238. The van der Waals surface area contributed by atoms with Gasteiger partial charge in [0, 0.05) is 18.5 Å². The van der Waals surface area contributed by atoms with Gasteiger partial charge in [-0.3, -0.25) is 0 Å². The van der Waals surface area contributed by atoms with Crippen molar-refractivity contribution in [3.8, 4) is 0 Å². The van der Waals surface area contributed by atoms with Crippen LogP contribution in [-0.4, -0.2) is 24.1 Å². The Balaban J connectivity index is 3.88. The first-order valence-corrected chi connectivity index (χ1v) is 4.62. The number of hydrogen-bond donors (Lipinski definition) is 3. The molecular weight excluding hydrogens is 186 g/mol. The second-order valence-electron chi connectivity index (χ2n) is 3.46. The van der Waals surface area contributed by atoms with E-state index < -0.39 is 0 Å². The molecule has 0 bridgehead atoms. The van der Waals surface area contributed by atoms with Gasteiger partial charge in [-0.15, -0.1) is 0 Å². The highest BCUT2D eigenvalue weighted by Crippen LogP contribution is 2.12. The van der Waals surface area contributed by atoms with Crippen molar-refractivity contribution in [1.82, 2.24) is 10.6 Å². The van der Waals surface area contributed by atoms with Crippen LogP contribution in [0.3, 0.4) is 0 Å². The lowest BCUT2D eigenvalue weighted by Crippen LogP contribution is -2.44. The van der Waals surface area contributed by atoms with Crippen molar-refractivity contribution < 1.29 is 4.79 Å². The molecule has 0 aromatic carbocycles. The van der Waals surface area contributed by atoms with Gasteiger partial charge in [-0.05, 0) is 6.92 Å². The van der Waals surface area contributed by atoms with Crippen molar-refractivity contribution in [1.29, 1.82) is 0 Å². The molecule has 0 atom stereocenters. The zero-order valence-electron chi connectivity index (χ0n) is 8.31. The molecule has 2 amide bonds. The Morgan fingerprint density at radius 3 is 2.38 bits per heavy atom. The number of thiocarbonyl (C=S) groups is 1. The van der Waals surface area contributed by atoms with E-state index >= 15 is 0 Å². The van der Waals surface area contributed by atoms with Gasteiger partial charge in [-0.1, -0.05) is 26.1 Å². The van der Waals surface area contributed by atoms with Crippen LogP contribution in [0.15, 0.2) is 0 Å². The van der Waals surface area contributed by atoms with E-state index in [1.165, 1.54) is 0 Å². The first-order chi connectivity index (χ1) is 5.90. The number of carbonyl (C=O) groups excluding carboxylic acids is 1. The molecule has 4 nitrogen and oxygen atoms in total. The van der Waals surface area contributed by atoms with Gasteiger partial charge in [0.1, 0.15) is 0 Å². The predicted octanol–water partition coefficient (Wildman–Crippen LogP) is 0.618. The maximum atomic E-state index is 11.0. The average Bonchev–Trinajstić information content (AvgIpc) is 2.01. The smallest absolute Gasteiger partial charge is 0.314 e. The Bertz CT molecular complexity index is 204. The summed E-state index contributed by atoms with van der Waals surface area (Å²) in [5, 5.41) is 5.31. The number of rotatable bonds is 4. The third-order valence-electron chi connectivity index (χ3n) is 1.70. The van der Waals surface area contributed by atoms with Crippen LogP contribution in [0.4, 0.5) is 4.79 Å². The summed E-state index contributed by atoms with van der Waals surface area (Å²) >= 11 is 4.85. The molecule has 5 heteroatoms. The van der Waals surface area contributed by atoms with Gasteiger partial charge in [-0.2, -0.15) is 0 Å². The van der Waals surface area contributed by atoms with Crippen molar-refractivity contribution in [2.45, 2.75) is 20.8 Å². The van der Waals surface area contributed by atoms with E-state index in [-0.39, 0.29) is 11.4 Å². The molecule has 0 aliphatic heterocycles. The fourth-order valence-corrected chi connectivity index (χ4v) is 0.684. The minimum Gasteiger partial charge on any atom is -0.393 e. The van der Waals surface area contributed by atoms with Crippen molar-refractivity contribution in [2.75, 3.05) is 13.1 Å². The zero-order chi connectivity index (χ0) is 10.5. The Kier molecular flexibility index (Phi) is 4.69. The number of amides is 2. The third-order valence-corrected chi connectivity index (χ3v) is 2.25. The molecular formula is C8H17N3OS. The van der Waals surface area contributed by atoms with E-state index in [9.17, 15) is 4.79 Å². The molecule has 0 aromatic rings. The van der Waals surface area contributed by atoms with Crippen LogP contribution < -0.4 is 16.4 Å². The fourth-order valence-electron chi connectivity index (χ4n) is 0.611. The molecule has 0 unspecified atom stereocenters. The molecule has 0 aliphatic rings. The molecule has 0 heterocycles. The molecule has 0 spiro atoms. The lowest BCUT2D eigenvalue weighted by atomic mass is 9.94. The third kappa shape index (κ3) is 4.67. The van der Waals surface area contributed by atoms with E-state index in [4.69, 9.17) is 18.0 Å². The highest BCUT2D eigenvalue weighted by Gasteiger charge is 2.21. The van der Waals surface area contributed by atoms with Crippen molar-refractivity contribution >= 4 is 23.2 Å². The van der Waals surface area contributed by atoms with E-state index in [0.29, 0.717) is 18.1 Å². The zero-order valence-corrected chi connectivity index (χ0v) is 9.12. The van der Waals surface area contributed by atoms with Crippen molar-refractivity contribution in [3.05, 3.63) is 0 Å². The van der Waals surface area contributed by atoms with Gasteiger partial charge >= 0.3 is 6.03 Å². The number of urea groups is 1. The maximum Gasteiger partial charge on any atom is 0.314 e. The first kappa shape index (κ1) is 12.2. The van der Waals surface area contributed by atoms with Crippen LogP contribution in [0.1, 0.15) is 20.8 Å². The fraction of sp³-hybridized carbons (Fsp3) is 0.750. The van der Waals surface area contributed by atoms with Gasteiger partial charge in [0.15, 0.2) is 0 Å². The minimum absolute atomic E-state index is 0.188. The summed E-state index contributed by atoms with van der Waals surface area (Å²) in [6.07, 6.45) is 0. The standard InChI is InChI=1S/C8H17N3OS/c1-4-10-7(12)11-5-8(2,3)6(9)13/h4-5H2,1-3H3,(H2,9,13)(H2,10,11,12). The summed E-state index contributed by atoms with van der Waals surface area (Å²) in [7, 11) is 0. The van der Waals surface area contributed by atoms with Gasteiger partial charge in [-0.25, -0.2) is 4.79 Å². The Morgan fingerprint density at radius 2 is 2.00 bits per heavy atom. The average molecular weight is 203 g/mol. The number of hydrogen-bond acceptors (Lipinski definition) is 2. The summed E-state index contributed by atoms with van der Waals surface area (Å²) in [4.78, 5) is 11.4. The minimum atomic E-state index is -0.333. The van der Waals surface area contributed by atoms with Crippen molar-refractivity contribution in [2.24, 2.45) is 11.1 Å². The second-order valence-corrected chi connectivity index (χ2v) is 3.90. The van der Waals surface area contributed by atoms with Crippen LogP contribution >= 0.6 is 12.2 Å². The van der Waals surface area contributed by atoms with Gasteiger partial charge in [0.2, 0.25) is 0 Å². The maximum absolute atomic E-state index is 11.0. The second kappa shape index (κ2) is 5.01. The summed E-state index contributed by atoms with van der Waals surface area (Å²) in [5.41, 5.74) is 5.16. The Labute approximate surface area is 84.3 Å². The normalized spacial score (nSPS) is 10.7. The number of carbonyl (C=O) groups is 1. The highest BCUT2D eigenvalue weighted by atomic mass is 32.1. The van der Waals surface area contributed by atoms with E-state index in [0.717, 1.165) is 0 Å². The largest absolute Gasteiger partial charge is 0.393 e. The summed E-state index contributed by atoms with van der Waals surface area (Å²) in [6.45, 7) is 6.70. The molecule has 13 heavy (non-hydrogen) atoms. The summed E-state index contributed by atoms with van der Waals surface area (Å²) < 4.78 is 0. The molecule has 0 saturated heterocycles. The lowest BCUT2D eigenvalue weighted by Gasteiger charge is -2.23. The molecule has 0 aliphatic carbocycles. The van der Waals surface area contributed by atoms with E-state index in [2.05, 4.69) is 10.6 Å². The SMILES string of the molecule is CCNC(=O)NCC(C)(C)C(N)=S. The first-order valence-electron chi connectivity index (χ1n) is 4.21. The number of nitrogens with one attached hydrogen (secondary N) is 2. The highest BCUT2D eigenvalue weighted by molar-refractivity contribution is 7.80. The van der Waals surface area contributed by atoms with Crippen LogP contribution in [0.25, 0.3) is 0 Å². The molecule has 0 radical (unpaired) electrons. The summed E-state index contributed by atoms with van der Waals surface area (Å²) in [5.74, 6) is 0. The van der Waals surface area contributed by atoms with Crippen LogP contribution in [-0.2, 0) is 0 Å². The van der Waals surface area contributed by atoms with Gasteiger partial charge < -0.3 is 16.4 Å². The Morgan fingerprint density at radius 1 is 1.46 bits per heavy atom. The quantitative estimate of drug-likeness (QED) is 0.587. The van der Waals surface area contributed by atoms with Crippen LogP contribution in [0.5, 0.6) is 0 Å². The van der Waals surface area contributed by atoms with Crippen LogP contribution in [0, 0.1) is 5.41 Å².